The fourth-order valence-corrected chi connectivity index (χ4v) is 1.69. The molecular formula is C14H15N3O2. The van der Waals surface area contributed by atoms with Gasteiger partial charge in [-0.3, -0.25) is 0 Å². The van der Waals surface area contributed by atoms with Gasteiger partial charge in [0.2, 0.25) is 0 Å². The Labute approximate surface area is 111 Å². The van der Waals surface area contributed by atoms with E-state index in [2.05, 4.69) is 34.5 Å². The maximum absolute atomic E-state index is 10.7. The van der Waals surface area contributed by atoms with Crippen LogP contribution >= 0.6 is 0 Å². The lowest BCUT2D eigenvalue weighted by atomic mass is 10.1. The summed E-state index contributed by atoms with van der Waals surface area (Å²) in [6, 6.07) is 11.3. The first kappa shape index (κ1) is 13.0. The van der Waals surface area contributed by atoms with E-state index in [9.17, 15) is 4.79 Å². The Kier molecular flexibility index (Phi) is 3.75. The fraction of sp³-hybridized carbons (Fsp3) is 0.214. The van der Waals surface area contributed by atoms with Crippen LogP contribution in [0.5, 0.6) is 0 Å². The van der Waals surface area contributed by atoms with Crippen LogP contribution in [0, 0.1) is 6.92 Å². The first-order valence-corrected chi connectivity index (χ1v) is 5.90. The molecule has 0 amide bonds. The van der Waals surface area contributed by atoms with Gasteiger partial charge in [0.15, 0.2) is 11.5 Å². The van der Waals surface area contributed by atoms with E-state index in [0.717, 1.165) is 5.56 Å². The van der Waals surface area contributed by atoms with Gasteiger partial charge in [-0.25, -0.2) is 4.79 Å². The van der Waals surface area contributed by atoms with Crippen LogP contribution in [0.1, 0.15) is 21.6 Å². The number of rotatable bonds is 4. The van der Waals surface area contributed by atoms with Gasteiger partial charge in [-0.15, -0.1) is 10.2 Å². The van der Waals surface area contributed by atoms with Crippen LogP contribution in [-0.4, -0.2) is 28.3 Å². The predicted octanol–water partition coefficient (Wildman–Crippen LogP) is 2.12. The molecular weight excluding hydrogens is 242 g/mol. The largest absolute Gasteiger partial charge is 0.476 e. The number of carbonyl (C=O) groups is 1. The third-order valence-electron chi connectivity index (χ3n) is 2.80. The topological polar surface area (TPSA) is 66.3 Å². The van der Waals surface area contributed by atoms with Crippen molar-refractivity contribution in [1.82, 2.24) is 10.2 Å². The van der Waals surface area contributed by atoms with E-state index in [4.69, 9.17) is 5.11 Å². The summed E-state index contributed by atoms with van der Waals surface area (Å²) in [6.45, 7) is 2.74. The summed E-state index contributed by atoms with van der Waals surface area (Å²) in [5.74, 6) is -0.425. The fourth-order valence-electron chi connectivity index (χ4n) is 1.69. The minimum atomic E-state index is -1.07. The zero-order valence-corrected chi connectivity index (χ0v) is 10.9. The van der Waals surface area contributed by atoms with Crippen molar-refractivity contribution >= 4 is 11.8 Å². The SMILES string of the molecule is Cc1ccc(CN(C)c2ccc(C(=O)O)nn2)cc1. The van der Waals surface area contributed by atoms with Crippen molar-refractivity contribution in [2.75, 3.05) is 11.9 Å². The molecule has 1 aromatic heterocycles. The number of hydrogen-bond donors (Lipinski definition) is 1. The molecule has 5 nitrogen and oxygen atoms in total. The number of nitrogens with zero attached hydrogens (tertiary/aromatic N) is 3. The van der Waals surface area contributed by atoms with E-state index in [1.165, 1.54) is 11.6 Å². The second-order valence-electron chi connectivity index (χ2n) is 4.42. The number of carboxylic acid groups (broad SMARTS) is 1. The van der Waals surface area contributed by atoms with E-state index >= 15 is 0 Å². The van der Waals surface area contributed by atoms with Crippen molar-refractivity contribution in [3.05, 3.63) is 53.2 Å². The van der Waals surface area contributed by atoms with Crippen LogP contribution in [0.4, 0.5) is 5.82 Å². The highest BCUT2D eigenvalue weighted by Gasteiger charge is 2.08. The van der Waals surface area contributed by atoms with E-state index in [1.807, 2.05) is 18.9 Å². The minimum absolute atomic E-state index is 0.0486. The smallest absolute Gasteiger partial charge is 0.356 e. The highest BCUT2D eigenvalue weighted by Crippen LogP contribution is 2.12. The molecule has 0 radical (unpaired) electrons. The Hall–Kier alpha value is -2.43. The normalized spacial score (nSPS) is 10.2. The highest BCUT2D eigenvalue weighted by atomic mass is 16.4. The summed E-state index contributed by atoms with van der Waals surface area (Å²) in [5, 5.41) is 16.3. The van der Waals surface area contributed by atoms with Crippen LogP contribution in [0.3, 0.4) is 0 Å². The van der Waals surface area contributed by atoms with Gasteiger partial charge in [0.05, 0.1) is 0 Å². The predicted molar refractivity (Wildman–Crippen MR) is 72.3 cm³/mol. The first-order chi connectivity index (χ1) is 9.06. The molecule has 5 heteroatoms. The van der Waals surface area contributed by atoms with Crippen LogP contribution in [-0.2, 0) is 6.54 Å². The van der Waals surface area contributed by atoms with Gasteiger partial charge >= 0.3 is 5.97 Å². The zero-order chi connectivity index (χ0) is 13.8. The van der Waals surface area contributed by atoms with Crippen molar-refractivity contribution in [1.29, 1.82) is 0 Å². The van der Waals surface area contributed by atoms with Gasteiger partial charge in [-0.2, -0.15) is 0 Å². The van der Waals surface area contributed by atoms with Crippen molar-refractivity contribution in [3.63, 3.8) is 0 Å². The van der Waals surface area contributed by atoms with Gasteiger partial charge in [-0.05, 0) is 24.6 Å². The number of benzene rings is 1. The molecule has 19 heavy (non-hydrogen) atoms. The second-order valence-corrected chi connectivity index (χ2v) is 4.42. The molecule has 0 saturated heterocycles. The number of anilines is 1. The quantitative estimate of drug-likeness (QED) is 0.908. The first-order valence-electron chi connectivity index (χ1n) is 5.90. The maximum atomic E-state index is 10.7. The van der Waals surface area contributed by atoms with Crippen molar-refractivity contribution < 1.29 is 9.90 Å². The molecule has 0 unspecified atom stereocenters. The van der Waals surface area contributed by atoms with Gasteiger partial charge in [0, 0.05) is 13.6 Å². The number of aromatic nitrogens is 2. The van der Waals surface area contributed by atoms with Crippen molar-refractivity contribution in [2.45, 2.75) is 13.5 Å². The Morgan fingerprint density at radius 1 is 1.16 bits per heavy atom. The lowest BCUT2D eigenvalue weighted by Gasteiger charge is -2.17. The number of carboxylic acids is 1. The number of aryl methyl sites for hydroxylation is 1. The molecule has 0 spiro atoms. The summed E-state index contributed by atoms with van der Waals surface area (Å²) < 4.78 is 0. The van der Waals surface area contributed by atoms with Gasteiger partial charge < -0.3 is 10.0 Å². The van der Waals surface area contributed by atoms with E-state index in [1.54, 1.807) is 6.07 Å². The minimum Gasteiger partial charge on any atom is -0.476 e. The van der Waals surface area contributed by atoms with Crippen molar-refractivity contribution in [3.8, 4) is 0 Å². The van der Waals surface area contributed by atoms with E-state index < -0.39 is 5.97 Å². The Bertz CT molecular complexity index is 564. The lowest BCUT2D eigenvalue weighted by molar-refractivity contribution is 0.0689. The molecule has 0 aliphatic rings. The molecule has 0 atom stereocenters. The molecule has 98 valence electrons. The molecule has 1 heterocycles. The molecule has 1 N–H and O–H groups in total. The maximum Gasteiger partial charge on any atom is 0.356 e. The third kappa shape index (κ3) is 3.28. The Morgan fingerprint density at radius 2 is 1.84 bits per heavy atom. The molecule has 2 rings (SSSR count). The second kappa shape index (κ2) is 5.48. The zero-order valence-electron chi connectivity index (χ0n) is 10.9. The number of aromatic carboxylic acids is 1. The Morgan fingerprint density at radius 3 is 2.37 bits per heavy atom. The molecule has 0 aliphatic heterocycles. The standard InChI is InChI=1S/C14H15N3O2/c1-10-3-5-11(6-4-10)9-17(2)13-8-7-12(14(18)19)15-16-13/h3-8H,9H2,1-2H3,(H,18,19). The average Bonchev–Trinajstić information content (AvgIpc) is 2.41. The lowest BCUT2D eigenvalue weighted by Crippen LogP contribution is -2.18. The molecule has 0 aliphatic carbocycles. The summed E-state index contributed by atoms with van der Waals surface area (Å²) >= 11 is 0. The monoisotopic (exact) mass is 257 g/mol. The summed E-state index contributed by atoms with van der Waals surface area (Å²) in [7, 11) is 1.89. The van der Waals surface area contributed by atoms with E-state index in [-0.39, 0.29) is 5.69 Å². The average molecular weight is 257 g/mol. The number of hydrogen-bond acceptors (Lipinski definition) is 4. The molecule has 0 saturated carbocycles. The summed E-state index contributed by atoms with van der Waals surface area (Å²) in [5.41, 5.74) is 2.33. The van der Waals surface area contributed by atoms with E-state index in [0.29, 0.717) is 12.4 Å². The third-order valence-corrected chi connectivity index (χ3v) is 2.80. The van der Waals surface area contributed by atoms with Gasteiger partial charge in [0.1, 0.15) is 0 Å². The Balaban J connectivity index is 2.09. The highest BCUT2D eigenvalue weighted by molar-refractivity contribution is 5.85. The van der Waals surface area contributed by atoms with Crippen molar-refractivity contribution in [2.24, 2.45) is 0 Å². The summed E-state index contributed by atoms with van der Waals surface area (Å²) in [6.07, 6.45) is 0. The van der Waals surface area contributed by atoms with Crippen LogP contribution in [0.2, 0.25) is 0 Å². The molecule has 0 bridgehead atoms. The van der Waals surface area contributed by atoms with Crippen LogP contribution in [0.25, 0.3) is 0 Å². The van der Waals surface area contributed by atoms with Crippen LogP contribution < -0.4 is 4.90 Å². The molecule has 1 aromatic carbocycles. The van der Waals surface area contributed by atoms with Crippen LogP contribution in [0.15, 0.2) is 36.4 Å². The molecule has 0 fully saturated rings. The van der Waals surface area contributed by atoms with Gasteiger partial charge in [0.25, 0.3) is 0 Å². The molecule has 2 aromatic rings. The van der Waals surface area contributed by atoms with Gasteiger partial charge in [-0.1, -0.05) is 29.8 Å². The summed E-state index contributed by atoms with van der Waals surface area (Å²) in [4.78, 5) is 12.6.